The van der Waals surface area contributed by atoms with Crippen molar-refractivity contribution in [1.29, 1.82) is 0 Å². The Morgan fingerprint density at radius 1 is 1.10 bits per heavy atom. The third kappa shape index (κ3) is 5.51. The molecule has 1 aromatic heterocycles. The normalized spacial score (nSPS) is 12.1. The van der Waals surface area contributed by atoms with Gasteiger partial charge in [0, 0.05) is 28.9 Å². The van der Waals surface area contributed by atoms with Crippen LogP contribution in [0.4, 0.5) is 5.69 Å². The molecule has 0 aliphatic rings. The lowest BCUT2D eigenvalue weighted by molar-refractivity contribution is -0.142. The Hall–Kier alpha value is -3.47. The minimum Gasteiger partial charge on any atom is -0.452 e. The standard InChI is InChI=1S/C24H24N2O3/c1-3-17(2)18-9-12-21(13-10-18)26-22(27)16-29-23(28)14-11-20-7-4-6-19-8-5-15-25-24(19)20/h4-15,17H,3,16H2,1-2H3,(H,26,27)/b14-11+. The number of esters is 1. The Kier molecular flexibility index (Phi) is 6.74. The summed E-state index contributed by atoms with van der Waals surface area (Å²) in [4.78, 5) is 28.3. The molecule has 5 nitrogen and oxygen atoms in total. The molecule has 1 atom stereocenters. The number of amides is 1. The van der Waals surface area contributed by atoms with E-state index in [1.165, 1.54) is 11.6 Å². The maximum Gasteiger partial charge on any atom is 0.331 e. The summed E-state index contributed by atoms with van der Waals surface area (Å²) in [5.74, 6) is -0.487. The summed E-state index contributed by atoms with van der Waals surface area (Å²) in [5, 5.41) is 3.72. The fourth-order valence-electron chi connectivity index (χ4n) is 2.93. The number of nitrogens with zero attached hydrogens (tertiary/aromatic N) is 1. The van der Waals surface area contributed by atoms with E-state index in [1.54, 1.807) is 12.3 Å². The summed E-state index contributed by atoms with van der Waals surface area (Å²) in [6.07, 6.45) is 5.71. The second-order valence-corrected chi connectivity index (χ2v) is 6.84. The summed E-state index contributed by atoms with van der Waals surface area (Å²) in [7, 11) is 0. The number of nitrogens with one attached hydrogen (secondary N) is 1. The second-order valence-electron chi connectivity index (χ2n) is 6.84. The molecule has 0 aliphatic carbocycles. The molecule has 0 radical (unpaired) electrons. The van der Waals surface area contributed by atoms with Crippen LogP contribution in [0, 0.1) is 0 Å². The number of carbonyl (C=O) groups excluding carboxylic acids is 2. The van der Waals surface area contributed by atoms with Gasteiger partial charge in [-0.05, 0) is 42.2 Å². The van der Waals surface area contributed by atoms with Gasteiger partial charge in [0.05, 0.1) is 5.52 Å². The van der Waals surface area contributed by atoms with Crippen LogP contribution in [0.15, 0.2) is 66.9 Å². The molecule has 1 unspecified atom stereocenters. The van der Waals surface area contributed by atoms with Crippen LogP contribution in [0.3, 0.4) is 0 Å². The molecule has 0 spiro atoms. The van der Waals surface area contributed by atoms with E-state index in [9.17, 15) is 9.59 Å². The van der Waals surface area contributed by atoms with Crippen molar-refractivity contribution < 1.29 is 14.3 Å². The number of carbonyl (C=O) groups is 2. The highest BCUT2D eigenvalue weighted by molar-refractivity contribution is 5.96. The van der Waals surface area contributed by atoms with Gasteiger partial charge >= 0.3 is 5.97 Å². The number of anilines is 1. The minimum atomic E-state index is -0.583. The Bertz CT molecular complexity index is 1020. The molecular formula is C24H24N2O3. The number of ether oxygens (including phenoxy) is 1. The molecule has 2 aromatic carbocycles. The van der Waals surface area contributed by atoms with Gasteiger partial charge in [-0.25, -0.2) is 4.79 Å². The SMILES string of the molecule is CCC(C)c1ccc(NC(=O)COC(=O)/C=C/c2cccc3cccnc23)cc1. The summed E-state index contributed by atoms with van der Waals surface area (Å²) in [6, 6.07) is 17.2. The molecule has 1 amide bonds. The highest BCUT2D eigenvalue weighted by Crippen LogP contribution is 2.20. The van der Waals surface area contributed by atoms with Crippen molar-refractivity contribution in [2.45, 2.75) is 26.2 Å². The van der Waals surface area contributed by atoms with E-state index in [4.69, 9.17) is 4.74 Å². The molecule has 0 fully saturated rings. The Morgan fingerprint density at radius 2 is 1.86 bits per heavy atom. The van der Waals surface area contributed by atoms with E-state index in [0.717, 1.165) is 22.9 Å². The number of pyridine rings is 1. The number of aromatic nitrogens is 1. The number of para-hydroxylation sites is 1. The molecule has 148 valence electrons. The zero-order valence-corrected chi connectivity index (χ0v) is 16.6. The lowest BCUT2D eigenvalue weighted by Crippen LogP contribution is -2.20. The van der Waals surface area contributed by atoms with Crippen LogP contribution >= 0.6 is 0 Å². The molecule has 0 bridgehead atoms. The molecule has 0 saturated heterocycles. The van der Waals surface area contributed by atoms with Crippen LogP contribution in [0.1, 0.15) is 37.3 Å². The van der Waals surface area contributed by atoms with E-state index in [1.807, 2.05) is 54.6 Å². The summed E-state index contributed by atoms with van der Waals surface area (Å²) < 4.78 is 5.03. The van der Waals surface area contributed by atoms with Crippen LogP contribution in [0.25, 0.3) is 17.0 Å². The van der Waals surface area contributed by atoms with Crippen LogP contribution in [0.2, 0.25) is 0 Å². The van der Waals surface area contributed by atoms with E-state index in [0.29, 0.717) is 11.6 Å². The third-order valence-electron chi connectivity index (χ3n) is 4.78. The predicted molar refractivity (Wildman–Crippen MR) is 116 cm³/mol. The highest BCUT2D eigenvalue weighted by Gasteiger charge is 2.07. The maximum atomic E-state index is 12.0. The summed E-state index contributed by atoms with van der Waals surface area (Å²) >= 11 is 0. The molecule has 5 heteroatoms. The van der Waals surface area contributed by atoms with Gasteiger partial charge in [-0.1, -0.05) is 50.2 Å². The van der Waals surface area contributed by atoms with Crippen LogP contribution < -0.4 is 5.32 Å². The van der Waals surface area contributed by atoms with Crippen LogP contribution in [-0.4, -0.2) is 23.5 Å². The van der Waals surface area contributed by atoms with E-state index in [2.05, 4.69) is 24.1 Å². The van der Waals surface area contributed by atoms with Gasteiger partial charge in [0.2, 0.25) is 0 Å². The topological polar surface area (TPSA) is 68.3 Å². The average Bonchev–Trinajstić information content (AvgIpc) is 2.76. The van der Waals surface area contributed by atoms with Gasteiger partial charge < -0.3 is 10.1 Å². The first kappa shape index (κ1) is 20.3. The Morgan fingerprint density at radius 3 is 2.62 bits per heavy atom. The fraction of sp³-hybridized carbons (Fsp3) is 0.208. The van der Waals surface area contributed by atoms with Crippen molar-refractivity contribution in [3.8, 4) is 0 Å². The zero-order valence-electron chi connectivity index (χ0n) is 16.6. The van der Waals surface area contributed by atoms with Crippen molar-refractivity contribution in [1.82, 2.24) is 4.98 Å². The Balaban J connectivity index is 1.52. The van der Waals surface area contributed by atoms with Gasteiger partial charge in [-0.3, -0.25) is 9.78 Å². The van der Waals surface area contributed by atoms with Crippen molar-refractivity contribution >= 4 is 34.5 Å². The monoisotopic (exact) mass is 388 g/mol. The first-order valence-electron chi connectivity index (χ1n) is 9.65. The van der Waals surface area contributed by atoms with Gasteiger partial charge in [-0.2, -0.15) is 0 Å². The zero-order chi connectivity index (χ0) is 20.6. The molecule has 0 saturated carbocycles. The van der Waals surface area contributed by atoms with Crippen LogP contribution in [-0.2, 0) is 14.3 Å². The number of rotatable bonds is 7. The maximum absolute atomic E-state index is 12.0. The predicted octanol–water partition coefficient (Wildman–Crippen LogP) is 4.94. The number of hydrogen-bond acceptors (Lipinski definition) is 4. The lowest BCUT2D eigenvalue weighted by atomic mass is 9.99. The van der Waals surface area contributed by atoms with E-state index >= 15 is 0 Å². The van der Waals surface area contributed by atoms with E-state index in [-0.39, 0.29) is 12.5 Å². The molecule has 0 aliphatic heterocycles. The van der Waals surface area contributed by atoms with Gasteiger partial charge in [0.25, 0.3) is 5.91 Å². The van der Waals surface area contributed by atoms with Gasteiger partial charge in [0.15, 0.2) is 6.61 Å². The second kappa shape index (κ2) is 9.64. The number of hydrogen-bond donors (Lipinski definition) is 1. The van der Waals surface area contributed by atoms with Crippen molar-refractivity contribution in [3.63, 3.8) is 0 Å². The molecule has 1 N–H and O–H groups in total. The third-order valence-corrected chi connectivity index (χ3v) is 4.78. The smallest absolute Gasteiger partial charge is 0.331 e. The molecular weight excluding hydrogens is 364 g/mol. The first-order valence-corrected chi connectivity index (χ1v) is 9.65. The Labute approximate surface area is 170 Å². The lowest BCUT2D eigenvalue weighted by Gasteiger charge is -2.10. The molecule has 3 aromatic rings. The fourth-order valence-corrected chi connectivity index (χ4v) is 2.93. The van der Waals surface area contributed by atoms with E-state index < -0.39 is 5.97 Å². The largest absolute Gasteiger partial charge is 0.452 e. The number of benzene rings is 2. The minimum absolute atomic E-state index is 0.343. The summed E-state index contributed by atoms with van der Waals surface area (Å²) in [5.41, 5.74) is 3.52. The van der Waals surface area contributed by atoms with Crippen molar-refractivity contribution in [3.05, 3.63) is 78.0 Å². The highest BCUT2D eigenvalue weighted by atomic mass is 16.5. The van der Waals surface area contributed by atoms with Gasteiger partial charge in [0.1, 0.15) is 0 Å². The van der Waals surface area contributed by atoms with Crippen molar-refractivity contribution in [2.24, 2.45) is 0 Å². The van der Waals surface area contributed by atoms with Crippen LogP contribution in [0.5, 0.6) is 0 Å². The molecule has 29 heavy (non-hydrogen) atoms. The first-order chi connectivity index (χ1) is 14.1. The summed E-state index contributed by atoms with van der Waals surface area (Å²) in [6.45, 7) is 3.96. The van der Waals surface area contributed by atoms with Crippen molar-refractivity contribution in [2.75, 3.05) is 11.9 Å². The quantitative estimate of drug-likeness (QED) is 0.460. The molecule has 3 rings (SSSR count). The molecule has 1 heterocycles. The number of fused-ring (bicyclic) bond motifs is 1. The average molecular weight is 388 g/mol. The van der Waals surface area contributed by atoms with Gasteiger partial charge in [-0.15, -0.1) is 0 Å².